The van der Waals surface area contributed by atoms with Crippen LogP contribution in [0.15, 0.2) is 41.0 Å². The number of carbonyl (C=O) groups is 2. The number of ether oxygens (including phenoxy) is 1. The molecule has 2 heterocycles. The Kier molecular flexibility index (Phi) is 5.81. The van der Waals surface area contributed by atoms with Crippen LogP contribution in [-0.2, 0) is 11.4 Å². The van der Waals surface area contributed by atoms with Gasteiger partial charge in [0, 0.05) is 33.1 Å². The highest BCUT2D eigenvalue weighted by Crippen LogP contribution is 2.19. The fourth-order valence-electron chi connectivity index (χ4n) is 3.06. The summed E-state index contributed by atoms with van der Waals surface area (Å²) in [5.41, 5.74) is 1.54. The van der Waals surface area contributed by atoms with E-state index >= 15 is 0 Å². The van der Waals surface area contributed by atoms with Gasteiger partial charge in [0.25, 0.3) is 5.91 Å². The average Bonchev–Trinajstić information content (AvgIpc) is 3.01. The predicted molar refractivity (Wildman–Crippen MR) is 98.4 cm³/mol. The molecule has 7 heteroatoms. The minimum atomic E-state index is -0.778. The van der Waals surface area contributed by atoms with Crippen LogP contribution < -0.4 is 4.74 Å². The number of nitrogens with zero attached hydrogens (tertiary/aromatic N) is 2. The third-order valence-corrected chi connectivity index (χ3v) is 4.60. The summed E-state index contributed by atoms with van der Waals surface area (Å²) in [6.07, 6.45) is 0.677. The van der Waals surface area contributed by atoms with Gasteiger partial charge in [0.1, 0.15) is 12.4 Å². The number of hydrogen-bond acceptors (Lipinski definition) is 5. The van der Waals surface area contributed by atoms with Crippen LogP contribution in [0.1, 0.15) is 28.6 Å². The van der Waals surface area contributed by atoms with E-state index in [9.17, 15) is 14.7 Å². The first-order valence-electron chi connectivity index (χ1n) is 8.92. The fraction of sp³-hybridized carbons (Fsp3) is 0.400. The van der Waals surface area contributed by atoms with Crippen LogP contribution in [0.2, 0.25) is 0 Å². The van der Waals surface area contributed by atoms with Crippen molar-refractivity contribution in [2.75, 3.05) is 26.2 Å². The van der Waals surface area contributed by atoms with Crippen molar-refractivity contribution >= 4 is 11.8 Å². The second-order valence-electron chi connectivity index (χ2n) is 6.73. The van der Waals surface area contributed by atoms with Gasteiger partial charge in [-0.1, -0.05) is 17.7 Å². The maximum atomic E-state index is 12.9. The van der Waals surface area contributed by atoms with E-state index in [1.807, 2.05) is 31.2 Å². The molecule has 0 aliphatic carbocycles. The lowest BCUT2D eigenvalue weighted by Crippen LogP contribution is -2.38. The lowest BCUT2D eigenvalue weighted by Gasteiger charge is -2.21. The van der Waals surface area contributed by atoms with Crippen LogP contribution in [0.5, 0.6) is 5.75 Å². The lowest BCUT2D eigenvalue weighted by atomic mass is 10.2. The van der Waals surface area contributed by atoms with Gasteiger partial charge >= 0.3 is 0 Å². The number of carbonyl (C=O) groups excluding carboxylic acids is 2. The fourth-order valence-corrected chi connectivity index (χ4v) is 3.06. The normalized spacial score (nSPS) is 17.5. The van der Waals surface area contributed by atoms with Crippen molar-refractivity contribution in [3.05, 3.63) is 53.5 Å². The van der Waals surface area contributed by atoms with E-state index in [1.165, 1.54) is 13.2 Å². The summed E-state index contributed by atoms with van der Waals surface area (Å²) < 4.78 is 11.2. The molecule has 27 heavy (non-hydrogen) atoms. The van der Waals surface area contributed by atoms with Gasteiger partial charge in [0.2, 0.25) is 5.91 Å². The Bertz CT molecular complexity index is 799. The maximum Gasteiger partial charge on any atom is 0.257 e. The van der Waals surface area contributed by atoms with Gasteiger partial charge in [0.15, 0.2) is 5.76 Å². The van der Waals surface area contributed by atoms with E-state index < -0.39 is 6.10 Å². The number of aryl methyl sites for hydroxylation is 1. The number of amides is 2. The Morgan fingerprint density at radius 1 is 1.15 bits per heavy atom. The van der Waals surface area contributed by atoms with Gasteiger partial charge in [-0.3, -0.25) is 9.59 Å². The number of rotatable bonds is 4. The van der Waals surface area contributed by atoms with E-state index in [0.717, 1.165) is 5.56 Å². The van der Waals surface area contributed by atoms with Crippen molar-refractivity contribution in [1.82, 2.24) is 9.80 Å². The predicted octanol–water partition coefficient (Wildman–Crippen LogP) is 1.83. The standard InChI is InChI=1S/C20H24N2O5/c1-14-3-5-17(6-4-14)27-13-19-18(7-10-26-19)20(25)22-9-8-21(15(2)23)11-16(24)12-22/h3-7,10,16,24H,8-9,11-13H2,1-2H3/t16-/m0/s1. The summed E-state index contributed by atoms with van der Waals surface area (Å²) in [5, 5.41) is 10.1. The molecule has 0 spiro atoms. The van der Waals surface area contributed by atoms with E-state index in [2.05, 4.69) is 0 Å². The zero-order chi connectivity index (χ0) is 19.4. The summed E-state index contributed by atoms with van der Waals surface area (Å²) in [4.78, 5) is 27.6. The van der Waals surface area contributed by atoms with Crippen molar-refractivity contribution < 1.29 is 23.8 Å². The van der Waals surface area contributed by atoms with Crippen molar-refractivity contribution in [3.8, 4) is 5.75 Å². The largest absolute Gasteiger partial charge is 0.486 e. The molecule has 1 aromatic carbocycles. The number of hydrogen-bond donors (Lipinski definition) is 1. The molecule has 7 nitrogen and oxygen atoms in total. The molecule has 144 valence electrons. The van der Waals surface area contributed by atoms with Crippen LogP contribution in [0.4, 0.5) is 0 Å². The van der Waals surface area contributed by atoms with Crippen molar-refractivity contribution in [3.63, 3.8) is 0 Å². The van der Waals surface area contributed by atoms with Crippen molar-refractivity contribution in [2.24, 2.45) is 0 Å². The second-order valence-corrected chi connectivity index (χ2v) is 6.73. The SMILES string of the molecule is CC(=O)N1CCN(C(=O)c2ccoc2COc2ccc(C)cc2)C[C@@H](O)C1. The van der Waals surface area contributed by atoms with Crippen LogP contribution >= 0.6 is 0 Å². The molecular formula is C20H24N2O5. The van der Waals surface area contributed by atoms with Gasteiger partial charge in [-0.05, 0) is 25.1 Å². The third kappa shape index (κ3) is 4.68. The molecule has 0 unspecified atom stereocenters. The molecule has 1 aliphatic heterocycles. The Hall–Kier alpha value is -2.80. The first-order valence-corrected chi connectivity index (χ1v) is 8.92. The summed E-state index contributed by atoms with van der Waals surface area (Å²) in [7, 11) is 0. The molecule has 1 N–H and O–H groups in total. The summed E-state index contributed by atoms with van der Waals surface area (Å²) in [6, 6.07) is 9.23. The molecule has 0 saturated carbocycles. The highest BCUT2D eigenvalue weighted by atomic mass is 16.5. The molecular weight excluding hydrogens is 348 g/mol. The van der Waals surface area contributed by atoms with E-state index in [4.69, 9.17) is 9.15 Å². The smallest absolute Gasteiger partial charge is 0.257 e. The topological polar surface area (TPSA) is 83.2 Å². The molecule has 1 fully saturated rings. The van der Waals surface area contributed by atoms with Crippen LogP contribution in [0.3, 0.4) is 0 Å². The monoisotopic (exact) mass is 372 g/mol. The Morgan fingerprint density at radius 2 is 1.81 bits per heavy atom. The van der Waals surface area contributed by atoms with Gasteiger partial charge < -0.3 is 24.1 Å². The van der Waals surface area contributed by atoms with Gasteiger partial charge in [-0.15, -0.1) is 0 Å². The number of aliphatic hydroxyl groups excluding tert-OH is 1. The van der Waals surface area contributed by atoms with Gasteiger partial charge in [0.05, 0.1) is 17.9 Å². The minimum absolute atomic E-state index is 0.112. The summed E-state index contributed by atoms with van der Waals surface area (Å²) >= 11 is 0. The Balaban J connectivity index is 1.67. The zero-order valence-electron chi connectivity index (χ0n) is 15.6. The quantitative estimate of drug-likeness (QED) is 0.885. The molecule has 1 saturated heterocycles. The highest BCUT2D eigenvalue weighted by molar-refractivity contribution is 5.95. The first-order chi connectivity index (χ1) is 12.9. The molecule has 1 aliphatic rings. The number of furan rings is 1. The first kappa shape index (κ1) is 19.0. The van der Waals surface area contributed by atoms with Crippen molar-refractivity contribution in [1.29, 1.82) is 0 Å². The van der Waals surface area contributed by atoms with E-state index in [-0.39, 0.29) is 31.5 Å². The molecule has 1 atom stereocenters. The molecule has 2 aromatic rings. The number of β-amino-alcohol motifs (C(OH)–C–C–N with tert-alkyl or cyclic N) is 1. The van der Waals surface area contributed by atoms with E-state index in [1.54, 1.807) is 15.9 Å². The third-order valence-electron chi connectivity index (χ3n) is 4.60. The number of aliphatic hydroxyl groups is 1. The number of benzene rings is 1. The van der Waals surface area contributed by atoms with Crippen LogP contribution in [0.25, 0.3) is 0 Å². The molecule has 2 amide bonds. The molecule has 0 bridgehead atoms. The van der Waals surface area contributed by atoms with Gasteiger partial charge in [-0.2, -0.15) is 0 Å². The summed E-state index contributed by atoms with van der Waals surface area (Å²) in [6.45, 7) is 4.74. The molecule has 0 radical (unpaired) electrons. The maximum absolute atomic E-state index is 12.9. The summed E-state index contributed by atoms with van der Waals surface area (Å²) in [5.74, 6) is 0.773. The van der Waals surface area contributed by atoms with Crippen LogP contribution in [0, 0.1) is 6.92 Å². The van der Waals surface area contributed by atoms with Crippen molar-refractivity contribution in [2.45, 2.75) is 26.6 Å². The zero-order valence-corrected chi connectivity index (χ0v) is 15.6. The highest BCUT2D eigenvalue weighted by Gasteiger charge is 2.28. The Labute approximate surface area is 158 Å². The Morgan fingerprint density at radius 3 is 2.52 bits per heavy atom. The van der Waals surface area contributed by atoms with Crippen LogP contribution in [-0.4, -0.2) is 59.0 Å². The minimum Gasteiger partial charge on any atom is -0.486 e. The van der Waals surface area contributed by atoms with E-state index in [0.29, 0.717) is 30.2 Å². The second kappa shape index (κ2) is 8.26. The molecule has 1 aromatic heterocycles. The average molecular weight is 372 g/mol. The lowest BCUT2D eigenvalue weighted by molar-refractivity contribution is -0.129. The molecule has 3 rings (SSSR count). The van der Waals surface area contributed by atoms with Gasteiger partial charge in [-0.25, -0.2) is 0 Å².